The number of ether oxygens (including phenoxy) is 1. The minimum Gasteiger partial charge on any atom is -0.497 e. The lowest BCUT2D eigenvalue weighted by Crippen LogP contribution is -2.06. The molecular formula is C12H14N4O2. The molecule has 0 saturated heterocycles. The average Bonchev–Trinajstić information content (AvgIpc) is 2.70. The first kappa shape index (κ1) is 12.0. The molecule has 6 nitrogen and oxygen atoms in total. The fourth-order valence-electron chi connectivity index (χ4n) is 1.62. The van der Waals surface area contributed by atoms with Crippen LogP contribution in [0.5, 0.6) is 5.75 Å². The van der Waals surface area contributed by atoms with E-state index in [1.54, 1.807) is 31.4 Å². The van der Waals surface area contributed by atoms with Gasteiger partial charge < -0.3 is 16.2 Å². The third-order valence-electron chi connectivity index (χ3n) is 2.68. The second kappa shape index (κ2) is 4.79. The molecule has 0 spiro atoms. The first-order valence-corrected chi connectivity index (χ1v) is 5.37. The molecule has 0 saturated carbocycles. The highest BCUT2D eigenvalue weighted by Crippen LogP contribution is 2.19. The SMILES string of the molecule is COc1ccc(C(=O)Cc2c(N)n[nH]c2N)cc1. The zero-order valence-corrected chi connectivity index (χ0v) is 9.93. The van der Waals surface area contributed by atoms with Crippen LogP contribution in [0.2, 0.25) is 0 Å². The molecule has 0 unspecified atom stereocenters. The normalized spacial score (nSPS) is 10.3. The molecule has 0 aliphatic carbocycles. The number of nitrogens with two attached hydrogens (primary N) is 2. The van der Waals surface area contributed by atoms with Crippen molar-refractivity contribution in [1.29, 1.82) is 0 Å². The van der Waals surface area contributed by atoms with Gasteiger partial charge >= 0.3 is 0 Å². The number of benzene rings is 1. The number of carbonyl (C=O) groups excluding carboxylic acids is 1. The van der Waals surface area contributed by atoms with Crippen molar-refractivity contribution >= 4 is 17.4 Å². The van der Waals surface area contributed by atoms with Crippen LogP contribution in [0.25, 0.3) is 0 Å². The molecule has 0 aliphatic heterocycles. The Bertz CT molecular complexity index is 540. The Kier molecular flexibility index (Phi) is 3.18. The van der Waals surface area contributed by atoms with Crippen molar-refractivity contribution in [3.05, 3.63) is 35.4 Å². The van der Waals surface area contributed by atoms with Crippen LogP contribution in [-0.2, 0) is 6.42 Å². The Hall–Kier alpha value is -2.50. The second-order valence-corrected chi connectivity index (χ2v) is 3.83. The van der Waals surface area contributed by atoms with E-state index in [-0.39, 0.29) is 18.0 Å². The van der Waals surface area contributed by atoms with E-state index < -0.39 is 0 Å². The lowest BCUT2D eigenvalue weighted by molar-refractivity contribution is 0.0993. The van der Waals surface area contributed by atoms with Crippen molar-refractivity contribution in [2.45, 2.75) is 6.42 Å². The number of Topliss-reactive ketones (excluding diaryl/α,β-unsaturated/α-hetero) is 1. The Morgan fingerprint density at radius 2 is 2.00 bits per heavy atom. The summed E-state index contributed by atoms with van der Waals surface area (Å²) in [5.74, 6) is 1.22. The number of carbonyl (C=O) groups is 1. The maximum absolute atomic E-state index is 12.0. The van der Waals surface area contributed by atoms with Crippen LogP contribution < -0.4 is 16.2 Å². The second-order valence-electron chi connectivity index (χ2n) is 3.83. The van der Waals surface area contributed by atoms with Crippen LogP contribution >= 0.6 is 0 Å². The van der Waals surface area contributed by atoms with Crippen LogP contribution in [-0.4, -0.2) is 23.1 Å². The minimum absolute atomic E-state index is 0.0718. The van der Waals surface area contributed by atoms with Gasteiger partial charge in [-0.25, -0.2) is 0 Å². The van der Waals surface area contributed by atoms with Crippen LogP contribution in [0.3, 0.4) is 0 Å². The molecule has 0 amide bonds. The molecule has 6 heteroatoms. The number of aromatic amines is 1. The lowest BCUT2D eigenvalue weighted by Gasteiger charge is -2.03. The fourth-order valence-corrected chi connectivity index (χ4v) is 1.62. The van der Waals surface area contributed by atoms with Gasteiger partial charge in [0.2, 0.25) is 0 Å². The highest BCUT2D eigenvalue weighted by Gasteiger charge is 2.14. The highest BCUT2D eigenvalue weighted by molar-refractivity contribution is 5.98. The van der Waals surface area contributed by atoms with Crippen LogP contribution in [0.1, 0.15) is 15.9 Å². The van der Waals surface area contributed by atoms with E-state index in [4.69, 9.17) is 16.2 Å². The summed E-state index contributed by atoms with van der Waals surface area (Å²) in [7, 11) is 1.57. The van der Waals surface area contributed by atoms with Crippen LogP contribution in [0.4, 0.5) is 11.6 Å². The molecule has 0 radical (unpaired) electrons. The van der Waals surface area contributed by atoms with E-state index in [9.17, 15) is 4.79 Å². The number of aromatic nitrogens is 2. The molecule has 1 heterocycles. The Morgan fingerprint density at radius 1 is 1.33 bits per heavy atom. The summed E-state index contributed by atoms with van der Waals surface area (Å²) in [6.45, 7) is 0. The van der Waals surface area contributed by atoms with Gasteiger partial charge in [0.1, 0.15) is 11.6 Å². The predicted molar refractivity (Wildman–Crippen MR) is 68.4 cm³/mol. The van der Waals surface area contributed by atoms with Crippen molar-refractivity contribution in [1.82, 2.24) is 10.2 Å². The number of ketones is 1. The molecule has 2 rings (SSSR count). The Balaban J connectivity index is 2.17. The van der Waals surface area contributed by atoms with Crippen molar-refractivity contribution in [3.63, 3.8) is 0 Å². The number of nitrogens with zero attached hydrogens (tertiary/aromatic N) is 1. The monoisotopic (exact) mass is 246 g/mol. The molecule has 0 bridgehead atoms. The lowest BCUT2D eigenvalue weighted by atomic mass is 10.0. The predicted octanol–water partition coefficient (Wildman–Crippen LogP) is 1.01. The summed E-state index contributed by atoms with van der Waals surface area (Å²) in [5.41, 5.74) is 12.4. The topological polar surface area (TPSA) is 107 Å². The molecule has 0 fully saturated rings. The molecule has 1 aromatic carbocycles. The van der Waals surface area contributed by atoms with Crippen molar-refractivity contribution in [3.8, 4) is 5.75 Å². The molecular weight excluding hydrogens is 232 g/mol. The first-order valence-electron chi connectivity index (χ1n) is 5.37. The number of rotatable bonds is 4. The third-order valence-corrected chi connectivity index (χ3v) is 2.68. The van der Waals surface area contributed by atoms with Gasteiger partial charge in [-0.1, -0.05) is 0 Å². The third kappa shape index (κ3) is 2.27. The molecule has 1 aromatic heterocycles. The molecule has 94 valence electrons. The summed E-state index contributed by atoms with van der Waals surface area (Å²) in [5, 5.41) is 6.29. The standard InChI is InChI=1S/C12H14N4O2/c1-18-8-4-2-7(3-5-8)10(17)6-9-11(13)15-16-12(9)14/h2-5H,6H2,1H3,(H5,13,14,15,16). The summed E-state index contributed by atoms with van der Waals surface area (Å²) < 4.78 is 5.03. The van der Waals surface area contributed by atoms with Crippen molar-refractivity contribution in [2.24, 2.45) is 0 Å². The number of nitrogen functional groups attached to an aromatic ring is 2. The van der Waals surface area contributed by atoms with E-state index in [1.165, 1.54) is 0 Å². The maximum Gasteiger partial charge on any atom is 0.167 e. The van der Waals surface area contributed by atoms with Gasteiger partial charge in [-0.2, -0.15) is 5.10 Å². The number of nitrogens with one attached hydrogen (secondary N) is 1. The summed E-state index contributed by atoms with van der Waals surface area (Å²) in [6.07, 6.45) is 0.125. The zero-order chi connectivity index (χ0) is 13.1. The summed E-state index contributed by atoms with van der Waals surface area (Å²) >= 11 is 0. The van der Waals surface area contributed by atoms with E-state index in [0.29, 0.717) is 22.7 Å². The summed E-state index contributed by atoms with van der Waals surface area (Å²) in [6, 6.07) is 6.87. The minimum atomic E-state index is -0.0718. The smallest absolute Gasteiger partial charge is 0.167 e. The van der Waals surface area contributed by atoms with Gasteiger partial charge in [0.25, 0.3) is 0 Å². The number of hydrogen-bond donors (Lipinski definition) is 3. The highest BCUT2D eigenvalue weighted by atomic mass is 16.5. The van der Waals surface area contributed by atoms with E-state index in [0.717, 1.165) is 0 Å². The molecule has 5 N–H and O–H groups in total. The van der Waals surface area contributed by atoms with E-state index in [1.807, 2.05) is 0 Å². The van der Waals surface area contributed by atoms with Gasteiger partial charge in [0.05, 0.1) is 7.11 Å². The summed E-state index contributed by atoms with van der Waals surface area (Å²) in [4.78, 5) is 12.0. The van der Waals surface area contributed by atoms with Gasteiger partial charge in [-0.15, -0.1) is 0 Å². The van der Waals surface area contributed by atoms with Gasteiger partial charge in [-0.3, -0.25) is 9.89 Å². The number of H-pyrrole nitrogens is 1. The molecule has 18 heavy (non-hydrogen) atoms. The van der Waals surface area contributed by atoms with Crippen LogP contribution in [0, 0.1) is 0 Å². The fraction of sp³-hybridized carbons (Fsp3) is 0.167. The first-order chi connectivity index (χ1) is 8.61. The Morgan fingerprint density at radius 3 is 2.50 bits per heavy atom. The number of anilines is 2. The molecule has 0 atom stereocenters. The number of hydrogen-bond acceptors (Lipinski definition) is 5. The van der Waals surface area contributed by atoms with Gasteiger partial charge in [-0.05, 0) is 24.3 Å². The van der Waals surface area contributed by atoms with Crippen molar-refractivity contribution < 1.29 is 9.53 Å². The Labute approximate surface area is 104 Å². The molecule has 2 aromatic rings. The van der Waals surface area contributed by atoms with Crippen LogP contribution in [0.15, 0.2) is 24.3 Å². The van der Waals surface area contributed by atoms with Gasteiger partial charge in [0.15, 0.2) is 11.6 Å². The average molecular weight is 246 g/mol. The van der Waals surface area contributed by atoms with Gasteiger partial charge in [0, 0.05) is 17.5 Å². The largest absolute Gasteiger partial charge is 0.497 e. The van der Waals surface area contributed by atoms with E-state index in [2.05, 4.69) is 10.2 Å². The van der Waals surface area contributed by atoms with E-state index >= 15 is 0 Å². The molecule has 0 aliphatic rings. The van der Waals surface area contributed by atoms with Crippen molar-refractivity contribution in [2.75, 3.05) is 18.6 Å². The zero-order valence-electron chi connectivity index (χ0n) is 9.93. The quantitative estimate of drug-likeness (QED) is 0.698. The number of methoxy groups -OCH3 is 1. The maximum atomic E-state index is 12.0.